The predicted octanol–water partition coefficient (Wildman–Crippen LogP) is 0.363. The van der Waals surface area contributed by atoms with E-state index in [0.29, 0.717) is 6.04 Å². The first-order valence-corrected chi connectivity index (χ1v) is 4.70. The van der Waals surface area contributed by atoms with Gasteiger partial charge in [-0.25, -0.2) is 0 Å². The van der Waals surface area contributed by atoms with Gasteiger partial charge in [0.25, 0.3) is 0 Å². The fourth-order valence-corrected chi connectivity index (χ4v) is 1.22. The molecule has 0 aliphatic carbocycles. The molecule has 3 nitrogen and oxygen atoms in total. The Hall–Kier alpha value is -0.120. The van der Waals surface area contributed by atoms with Gasteiger partial charge < -0.3 is 15.4 Å². The topological polar surface area (TPSA) is 33.3 Å². The maximum absolute atomic E-state index is 5.69. The summed E-state index contributed by atoms with van der Waals surface area (Å²) >= 11 is 0. The minimum atomic E-state index is 0.110. The van der Waals surface area contributed by atoms with Gasteiger partial charge in [-0.1, -0.05) is 13.8 Å². The molecule has 2 N–H and O–H groups in total. The molecule has 1 heterocycles. The summed E-state index contributed by atoms with van der Waals surface area (Å²) in [4.78, 5) is 0. The van der Waals surface area contributed by atoms with Crippen molar-refractivity contribution in [1.82, 2.24) is 10.6 Å². The second-order valence-electron chi connectivity index (χ2n) is 4.01. The standard InChI is InChI=1S/C9H20N2O/c1-8(2)11-4-5-12-9(3)6-10-7-9/h8,10-11H,4-7H2,1-3H3. The molecule has 0 unspecified atom stereocenters. The van der Waals surface area contributed by atoms with Crippen molar-refractivity contribution in [2.45, 2.75) is 32.4 Å². The molecular weight excluding hydrogens is 152 g/mol. The summed E-state index contributed by atoms with van der Waals surface area (Å²) in [5, 5.41) is 6.53. The van der Waals surface area contributed by atoms with E-state index in [-0.39, 0.29) is 5.60 Å². The molecule has 0 bridgehead atoms. The maximum atomic E-state index is 5.69. The first-order chi connectivity index (χ1) is 5.62. The number of hydrogen-bond donors (Lipinski definition) is 2. The van der Waals surface area contributed by atoms with Gasteiger partial charge in [-0.15, -0.1) is 0 Å². The molecule has 0 saturated carbocycles. The Morgan fingerprint density at radius 1 is 1.50 bits per heavy atom. The van der Waals surface area contributed by atoms with Crippen molar-refractivity contribution in [3.63, 3.8) is 0 Å². The predicted molar refractivity (Wildman–Crippen MR) is 50.4 cm³/mol. The van der Waals surface area contributed by atoms with Gasteiger partial charge in [-0.3, -0.25) is 0 Å². The van der Waals surface area contributed by atoms with Crippen LogP contribution in [0.2, 0.25) is 0 Å². The molecule has 1 aliphatic heterocycles. The highest BCUT2D eigenvalue weighted by Crippen LogP contribution is 2.14. The van der Waals surface area contributed by atoms with Crippen LogP contribution in [0.4, 0.5) is 0 Å². The maximum Gasteiger partial charge on any atom is 0.0902 e. The van der Waals surface area contributed by atoms with Gasteiger partial charge in [0, 0.05) is 25.7 Å². The van der Waals surface area contributed by atoms with Crippen molar-refractivity contribution >= 4 is 0 Å². The highest BCUT2D eigenvalue weighted by Gasteiger charge is 2.31. The monoisotopic (exact) mass is 172 g/mol. The van der Waals surface area contributed by atoms with Crippen molar-refractivity contribution in [3.8, 4) is 0 Å². The molecule has 3 heteroatoms. The van der Waals surface area contributed by atoms with Crippen LogP contribution in [-0.2, 0) is 4.74 Å². The molecule has 0 aromatic heterocycles. The van der Waals surface area contributed by atoms with Gasteiger partial charge in [0.1, 0.15) is 0 Å². The van der Waals surface area contributed by atoms with E-state index in [4.69, 9.17) is 4.74 Å². The Morgan fingerprint density at radius 2 is 2.17 bits per heavy atom. The second kappa shape index (κ2) is 4.21. The third kappa shape index (κ3) is 3.09. The van der Waals surface area contributed by atoms with Crippen molar-refractivity contribution in [3.05, 3.63) is 0 Å². The van der Waals surface area contributed by atoms with E-state index >= 15 is 0 Å². The van der Waals surface area contributed by atoms with Crippen LogP contribution < -0.4 is 10.6 Å². The molecule has 0 amide bonds. The van der Waals surface area contributed by atoms with Gasteiger partial charge in [0.2, 0.25) is 0 Å². The van der Waals surface area contributed by atoms with Crippen molar-refractivity contribution < 1.29 is 4.74 Å². The molecule has 0 radical (unpaired) electrons. The van der Waals surface area contributed by atoms with E-state index < -0.39 is 0 Å². The Balaban J connectivity index is 1.95. The molecule has 0 aromatic rings. The van der Waals surface area contributed by atoms with Gasteiger partial charge in [-0.05, 0) is 6.92 Å². The minimum absolute atomic E-state index is 0.110. The zero-order valence-corrected chi connectivity index (χ0v) is 8.31. The summed E-state index contributed by atoms with van der Waals surface area (Å²) in [5.74, 6) is 0. The molecule has 72 valence electrons. The summed E-state index contributed by atoms with van der Waals surface area (Å²) in [6, 6.07) is 0.556. The summed E-state index contributed by atoms with van der Waals surface area (Å²) in [5.41, 5.74) is 0.110. The Bertz CT molecular complexity index is 132. The minimum Gasteiger partial charge on any atom is -0.371 e. The SMILES string of the molecule is CC(C)NCCOC1(C)CNC1. The van der Waals surface area contributed by atoms with Crippen molar-refractivity contribution in [2.24, 2.45) is 0 Å². The van der Waals surface area contributed by atoms with Crippen LogP contribution in [0.5, 0.6) is 0 Å². The lowest BCUT2D eigenvalue weighted by Gasteiger charge is -2.39. The molecule has 0 spiro atoms. The van der Waals surface area contributed by atoms with E-state index in [1.165, 1.54) is 0 Å². The number of nitrogens with one attached hydrogen (secondary N) is 2. The largest absolute Gasteiger partial charge is 0.371 e. The highest BCUT2D eigenvalue weighted by molar-refractivity contribution is 4.90. The fourth-order valence-electron chi connectivity index (χ4n) is 1.22. The second-order valence-corrected chi connectivity index (χ2v) is 4.01. The number of rotatable bonds is 5. The van der Waals surface area contributed by atoms with Crippen molar-refractivity contribution in [2.75, 3.05) is 26.2 Å². The van der Waals surface area contributed by atoms with Crippen LogP contribution >= 0.6 is 0 Å². The molecule has 12 heavy (non-hydrogen) atoms. The average Bonchev–Trinajstić information content (AvgIpc) is 1.94. The summed E-state index contributed by atoms with van der Waals surface area (Å²) in [6.45, 7) is 10.2. The first-order valence-electron chi connectivity index (χ1n) is 4.70. The Kier molecular flexibility index (Phi) is 3.50. The van der Waals surface area contributed by atoms with E-state index in [0.717, 1.165) is 26.2 Å². The lowest BCUT2D eigenvalue weighted by atomic mass is 10.0. The molecule has 0 aromatic carbocycles. The molecule has 0 atom stereocenters. The first kappa shape index (κ1) is 9.96. The highest BCUT2D eigenvalue weighted by atomic mass is 16.5. The Morgan fingerprint density at radius 3 is 2.58 bits per heavy atom. The summed E-state index contributed by atoms with van der Waals surface area (Å²) < 4.78 is 5.69. The van der Waals surface area contributed by atoms with Crippen molar-refractivity contribution in [1.29, 1.82) is 0 Å². The molecule has 1 saturated heterocycles. The summed E-state index contributed by atoms with van der Waals surface area (Å²) in [6.07, 6.45) is 0. The smallest absolute Gasteiger partial charge is 0.0902 e. The molecule has 1 aliphatic rings. The van der Waals surface area contributed by atoms with E-state index in [2.05, 4.69) is 31.4 Å². The third-order valence-electron chi connectivity index (χ3n) is 2.10. The third-order valence-corrected chi connectivity index (χ3v) is 2.10. The van der Waals surface area contributed by atoms with Crippen LogP contribution in [0.25, 0.3) is 0 Å². The van der Waals surface area contributed by atoms with Crippen LogP contribution in [0.3, 0.4) is 0 Å². The van der Waals surface area contributed by atoms with Crippen LogP contribution in [0.15, 0.2) is 0 Å². The average molecular weight is 172 g/mol. The van der Waals surface area contributed by atoms with Gasteiger partial charge >= 0.3 is 0 Å². The van der Waals surface area contributed by atoms with Gasteiger partial charge in [0.05, 0.1) is 12.2 Å². The van der Waals surface area contributed by atoms with E-state index in [9.17, 15) is 0 Å². The fraction of sp³-hybridized carbons (Fsp3) is 1.00. The van der Waals surface area contributed by atoms with Crippen LogP contribution in [-0.4, -0.2) is 37.9 Å². The number of ether oxygens (including phenoxy) is 1. The normalized spacial score (nSPS) is 21.0. The molecule has 1 fully saturated rings. The number of hydrogen-bond acceptors (Lipinski definition) is 3. The van der Waals surface area contributed by atoms with Gasteiger partial charge in [-0.2, -0.15) is 0 Å². The van der Waals surface area contributed by atoms with Crippen LogP contribution in [0, 0.1) is 0 Å². The molecular formula is C9H20N2O. The van der Waals surface area contributed by atoms with Crippen LogP contribution in [0.1, 0.15) is 20.8 Å². The lowest BCUT2D eigenvalue weighted by molar-refractivity contribution is -0.0651. The quantitative estimate of drug-likeness (QED) is 0.588. The molecule has 1 rings (SSSR count). The zero-order chi connectivity index (χ0) is 9.03. The van der Waals surface area contributed by atoms with E-state index in [1.54, 1.807) is 0 Å². The van der Waals surface area contributed by atoms with Gasteiger partial charge in [0.15, 0.2) is 0 Å². The zero-order valence-electron chi connectivity index (χ0n) is 8.31. The summed E-state index contributed by atoms with van der Waals surface area (Å²) in [7, 11) is 0. The Labute approximate surface area is 74.9 Å². The van der Waals surface area contributed by atoms with E-state index in [1.807, 2.05) is 0 Å². The lowest BCUT2D eigenvalue weighted by Crippen LogP contribution is -2.59.